The smallest absolute Gasteiger partial charge is 0.285 e. The van der Waals surface area contributed by atoms with Crippen LogP contribution in [0.4, 0.5) is 5.13 Å². The quantitative estimate of drug-likeness (QED) is 0.877. The van der Waals surface area contributed by atoms with Crippen molar-refractivity contribution in [3.8, 4) is 0 Å². The third-order valence-electron chi connectivity index (χ3n) is 3.01. The van der Waals surface area contributed by atoms with Crippen molar-refractivity contribution in [2.75, 3.05) is 18.9 Å². The lowest BCUT2D eigenvalue weighted by atomic mass is 10.00. The summed E-state index contributed by atoms with van der Waals surface area (Å²) in [4.78, 5) is 13.9. The highest BCUT2D eigenvalue weighted by atomic mass is 32.1. The average molecular weight is 256 g/mol. The monoisotopic (exact) mass is 256 g/mol. The normalized spacial score (nSPS) is 11.4. The molecular formula is C11H20N4OS. The summed E-state index contributed by atoms with van der Waals surface area (Å²) >= 11 is 1.30. The molecule has 0 aliphatic carbocycles. The van der Waals surface area contributed by atoms with Crippen molar-refractivity contribution in [1.29, 1.82) is 0 Å². The Hall–Kier alpha value is -1.17. The highest BCUT2D eigenvalue weighted by Crippen LogP contribution is 2.22. The van der Waals surface area contributed by atoms with E-state index in [0.29, 0.717) is 10.1 Å². The molecule has 17 heavy (non-hydrogen) atoms. The molecule has 0 saturated heterocycles. The highest BCUT2D eigenvalue weighted by molar-refractivity contribution is 7.17. The summed E-state index contributed by atoms with van der Waals surface area (Å²) in [5.41, 5.74) is -0.166. The Kier molecular flexibility index (Phi) is 4.45. The first kappa shape index (κ1) is 13.9. The van der Waals surface area contributed by atoms with Gasteiger partial charge in [0.1, 0.15) is 0 Å². The third kappa shape index (κ3) is 3.15. The van der Waals surface area contributed by atoms with Crippen LogP contribution in [0.25, 0.3) is 0 Å². The number of hydrogen-bond acceptors (Lipinski definition) is 5. The lowest BCUT2D eigenvalue weighted by Gasteiger charge is -2.34. The van der Waals surface area contributed by atoms with Crippen LogP contribution in [0.15, 0.2) is 0 Å². The fraction of sp³-hybridized carbons (Fsp3) is 0.727. The molecule has 0 atom stereocenters. The lowest BCUT2D eigenvalue weighted by molar-refractivity contribution is 0.0619. The van der Waals surface area contributed by atoms with Gasteiger partial charge >= 0.3 is 0 Å². The van der Waals surface area contributed by atoms with Crippen LogP contribution in [0, 0.1) is 0 Å². The second kappa shape index (κ2) is 5.44. The van der Waals surface area contributed by atoms with Crippen LogP contribution < -0.4 is 5.32 Å². The second-order valence-electron chi connectivity index (χ2n) is 4.47. The summed E-state index contributed by atoms with van der Waals surface area (Å²) in [5.74, 6) is -0.0708. The van der Waals surface area contributed by atoms with Gasteiger partial charge in [0.25, 0.3) is 5.91 Å². The predicted octanol–water partition coefficient (Wildman–Crippen LogP) is 2.23. The summed E-state index contributed by atoms with van der Waals surface area (Å²) in [5, 5.41) is 12.0. The molecule has 1 aromatic rings. The highest BCUT2D eigenvalue weighted by Gasteiger charge is 2.28. The fourth-order valence-electron chi connectivity index (χ4n) is 1.19. The first-order chi connectivity index (χ1) is 7.92. The predicted molar refractivity (Wildman–Crippen MR) is 70.5 cm³/mol. The molecule has 6 heteroatoms. The van der Waals surface area contributed by atoms with Crippen molar-refractivity contribution >= 4 is 22.4 Å². The molecule has 0 radical (unpaired) electrons. The molecule has 5 nitrogen and oxygen atoms in total. The van der Waals surface area contributed by atoms with Crippen LogP contribution in [0.2, 0.25) is 0 Å². The van der Waals surface area contributed by atoms with E-state index in [1.807, 2.05) is 20.8 Å². The zero-order valence-electron chi connectivity index (χ0n) is 11.1. The molecule has 0 fully saturated rings. The Balaban J connectivity index is 2.81. The van der Waals surface area contributed by atoms with Crippen LogP contribution in [0.5, 0.6) is 0 Å². The molecule has 0 aliphatic rings. The number of rotatable bonds is 5. The van der Waals surface area contributed by atoms with Crippen molar-refractivity contribution < 1.29 is 4.79 Å². The standard InChI is InChI=1S/C11H20N4OS/c1-6-11(3,4)15(5)9(16)8-13-14-10(17-8)12-7-2/h6-7H2,1-5H3,(H,12,14). The zero-order chi connectivity index (χ0) is 13.1. The maximum atomic E-state index is 12.2. The number of nitrogens with one attached hydrogen (secondary N) is 1. The minimum absolute atomic E-state index is 0.0708. The van der Waals surface area contributed by atoms with Crippen LogP contribution in [-0.4, -0.2) is 40.1 Å². The molecule has 1 N–H and O–H groups in total. The van der Waals surface area contributed by atoms with Crippen molar-refractivity contribution in [3.05, 3.63) is 5.01 Å². The Morgan fingerprint density at radius 2 is 2.06 bits per heavy atom. The van der Waals surface area contributed by atoms with Crippen molar-refractivity contribution in [2.24, 2.45) is 0 Å². The number of carbonyl (C=O) groups is 1. The van der Waals surface area contributed by atoms with Crippen molar-refractivity contribution in [1.82, 2.24) is 15.1 Å². The van der Waals surface area contributed by atoms with Gasteiger partial charge in [-0.05, 0) is 27.2 Å². The van der Waals surface area contributed by atoms with Gasteiger partial charge in [-0.15, -0.1) is 10.2 Å². The number of anilines is 1. The Morgan fingerprint density at radius 1 is 1.41 bits per heavy atom. The van der Waals surface area contributed by atoms with Gasteiger partial charge in [0.2, 0.25) is 10.1 Å². The second-order valence-corrected chi connectivity index (χ2v) is 5.45. The number of carbonyl (C=O) groups excluding carboxylic acids is 1. The first-order valence-corrected chi connectivity index (χ1v) is 6.59. The number of nitrogens with zero attached hydrogens (tertiary/aromatic N) is 3. The number of hydrogen-bond donors (Lipinski definition) is 1. The molecule has 0 saturated carbocycles. The van der Waals surface area contributed by atoms with Gasteiger partial charge in [0.05, 0.1) is 0 Å². The SMILES string of the molecule is CCNc1nnc(C(=O)N(C)C(C)(C)CC)s1. The van der Waals surface area contributed by atoms with Gasteiger partial charge in [0, 0.05) is 19.1 Å². The van der Waals surface area contributed by atoms with Crippen molar-refractivity contribution in [3.63, 3.8) is 0 Å². The molecule has 0 bridgehead atoms. The van der Waals surface area contributed by atoms with Crippen LogP contribution >= 0.6 is 11.3 Å². The molecule has 1 amide bonds. The van der Waals surface area contributed by atoms with E-state index in [1.54, 1.807) is 11.9 Å². The number of aromatic nitrogens is 2. The maximum absolute atomic E-state index is 12.2. The van der Waals surface area contributed by atoms with E-state index in [9.17, 15) is 4.79 Å². The summed E-state index contributed by atoms with van der Waals surface area (Å²) in [6, 6.07) is 0. The maximum Gasteiger partial charge on any atom is 0.285 e. The molecule has 0 unspecified atom stereocenters. The van der Waals surface area contributed by atoms with Gasteiger partial charge in [-0.1, -0.05) is 18.3 Å². The van der Waals surface area contributed by atoms with Crippen molar-refractivity contribution in [2.45, 2.75) is 39.7 Å². The van der Waals surface area contributed by atoms with Crippen LogP contribution in [0.1, 0.15) is 43.9 Å². The average Bonchev–Trinajstić information content (AvgIpc) is 2.76. The molecule has 1 aromatic heterocycles. The summed E-state index contributed by atoms with van der Waals surface area (Å²) in [6.07, 6.45) is 0.897. The zero-order valence-corrected chi connectivity index (χ0v) is 11.9. The largest absolute Gasteiger partial charge is 0.360 e. The van der Waals surface area contributed by atoms with E-state index in [1.165, 1.54) is 11.3 Å². The van der Waals surface area contributed by atoms with E-state index in [0.717, 1.165) is 13.0 Å². The van der Waals surface area contributed by atoms with E-state index < -0.39 is 0 Å². The molecular weight excluding hydrogens is 236 g/mol. The van der Waals surface area contributed by atoms with E-state index >= 15 is 0 Å². The molecule has 0 aromatic carbocycles. The van der Waals surface area contributed by atoms with E-state index in [4.69, 9.17) is 0 Å². The van der Waals surface area contributed by atoms with Gasteiger partial charge in [-0.2, -0.15) is 0 Å². The topological polar surface area (TPSA) is 58.1 Å². The molecule has 1 rings (SSSR count). The van der Waals surface area contributed by atoms with Gasteiger partial charge in [-0.3, -0.25) is 4.79 Å². The van der Waals surface area contributed by atoms with E-state index in [2.05, 4.69) is 22.4 Å². The van der Waals surface area contributed by atoms with Gasteiger partial charge in [-0.25, -0.2) is 0 Å². The van der Waals surface area contributed by atoms with Crippen LogP contribution in [0.3, 0.4) is 0 Å². The molecule has 1 heterocycles. The molecule has 0 spiro atoms. The van der Waals surface area contributed by atoms with E-state index in [-0.39, 0.29) is 11.4 Å². The Bertz CT molecular complexity index is 389. The number of amides is 1. The molecule has 0 aliphatic heterocycles. The van der Waals surface area contributed by atoms with Gasteiger partial charge < -0.3 is 10.2 Å². The van der Waals surface area contributed by atoms with Gasteiger partial charge in [0.15, 0.2) is 0 Å². The fourth-order valence-corrected chi connectivity index (χ4v) is 1.98. The first-order valence-electron chi connectivity index (χ1n) is 5.78. The minimum Gasteiger partial charge on any atom is -0.360 e. The Morgan fingerprint density at radius 3 is 2.59 bits per heavy atom. The minimum atomic E-state index is -0.166. The Labute approximate surface area is 106 Å². The van der Waals surface area contributed by atoms with Crippen LogP contribution in [-0.2, 0) is 0 Å². The summed E-state index contributed by atoms with van der Waals surface area (Å²) in [6.45, 7) is 8.90. The summed E-state index contributed by atoms with van der Waals surface area (Å²) in [7, 11) is 1.81. The summed E-state index contributed by atoms with van der Waals surface area (Å²) < 4.78 is 0. The third-order valence-corrected chi connectivity index (χ3v) is 3.88. The lowest BCUT2D eigenvalue weighted by Crippen LogP contribution is -2.44. The molecule has 96 valence electrons.